The second-order valence-electron chi connectivity index (χ2n) is 2.37. The predicted octanol–water partition coefficient (Wildman–Crippen LogP) is -0.604. The average molecular weight is 205 g/mol. The smallest absolute Gasteiger partial charge is 0.360 e. The number of methoxy groups -OCH3 is 1. The van der Waals surface area contributed by atoms with Crippen LogP contribution >= 0.6 is 0 Å². The van der Waals surface area contributed by atoms with E-state index in [9.17, 15) is 9.59 Å². The molecule has 0 radical (unpaired) electrons. The molecule has 0 aliphatic rings. The van der Waals surface area contributed by atoms with Crippen molar-refractivity contribution in [2.24, 2.45) is 0 Å². The average Bonchev–Trinajstić information content (AvgIpc) is 2.27. The molecule has 0 aliphatic carbocycles. The van der Waals surface area contributed by atoms with Gasteiger partial charge < -0.3 is 10.5 Å². The van der Waals surface area contributed by atoms with Gasteiger partial charge in [0, 0.05) is 0 Å². The minimum absolute atomic E-state index is 0.0431. The molecule has 6 nitrogen and oxygen atoms in total. The monoisotopic (exact) mass is 205 g/mol. The molecule has 1 aromatic rings. The second-order valence-corrected chi connectivity index (χ2v) is 2.37. The highest BCUT2D eigenvalue weighted by molar-refractivity contribution is 5.91. The number of hydrogen-bond donors (Lipinski definition) is 1. The van der Waals surface area contributed by atoms with E-state index in [1.807, 2.05) is 0 Å². The van der Waals surface area contributed by atoms with Crippen LogP contribution in [0.4, 0.5) is 5.82 Å². The van der Waals surface area contributed by atoms with Crippen molar-refractivity contribution in [2.75, 3.05) is 12.8 Å². The van der Waals surface area contributed by atoms with Crippen LogP contribution < -0.4 is 5.73 Å². The highest BCUT2D eigenvalue weighted by Crippen LogP contribution is 2.06. The Balaban J connectivity index is 3.16. The topological polar surface area (TPSA) is 95.2 Å². The molecule has 0 saturated carbocycles. The van der Waals surface area contributed by atoms with Gasteiger partial charge >= 0.3 is 5.97 Å². The molecule has 15 heavy (non-hydrogen) atoms. The van der Waals surface area contributed by atoms with Crippen molar-refractivity contribution < 1.29 is 14.3 Å². The van der Waals surface area contributed by atoms with Crippen molar-refractivity contribution in [1.82, 2.24) is 9.97 Å². The van der Waals surface area contributed by atoms with Gasteiger partial charge in [0.1, 0.15) is 5.69 Å². The summed E-state index contributed by atoms with van der Waals surface area (Å²) in [6, 6.07) is 0. The Morgan fingerprint density at radius 1 is 1.67 bits per heavy atom. The maximum Gasteiger partial charge on any atom is 0.360 e. The van der Waals surface area contributed by atoms with E-state index in [0.717, 1.165) is 0 Å². The number of carbonyl (C=O) groups excluding carboxylic acids is 2. The first-order valence-electron chi connectivity index (χ1n) is 3.85. The summed E-state index contributed by atoms with van der Waals surface area (Å²) in [5, 5.41) is 0. The third-order valence-corrected chi connectivity index (χ3v) is 1.44. The summed E-state index contributed by atoms with van der Waals surface area (Å²) in [6.07, 6.45) is 1.67. The molecule has 0 saturated heterocycles. The Morgan fingerprint density at radius 2 is 2.40 bits per heavy atom. The molecule has 2 N–H and O–H groups in total. The Hall–Kier alpha value is -2.42. The van der Waals surface area contributed by atoms with E-state index >= 15 is 0 Å². The molecule has 6 heteroatoms. The van der Waals surface area contributed by atoms with Crippen molar-refractivity contribution in [3.63, 3.8) is 0 Å². The number of anilines is 1. The fourth-order valence-electron chi connectivity index (χ4n) is 0.809. The van der Waals surface area contributed by atoms with Gasteiger partial charge in [-0.05, 0) is 11.8 Å². The highest BCUT2D eigenvalue weighted by Gasteiger charge is 2.13. The van der Waals surface area contributed by atoms with Crippen LogP contribution in [0.5, 0.6) is 0 Å². The molecule has 1 heterocycles. The Labute approximate surface area is 85.5 Å². The van der Waals surface area contributed by atoms with Gasteiger partial charge in [-0.2, -0.15) is 0 Å². The van der Waals surface area contributed by atoms with Crippen LogP contribution in [0.15, 0.2) is 6.20 Å². The van der Waals surface area contributed by atoms with Gasteiger partial charge in [-0.15, -0.1) is 0 Å². The zero-order chi connectivity index (χ0) is 11.3. The maximum absolute atomic E-state index is 11.1. The lowest BCUT2D eigenvalue weighted by atomic mass is 10.3. The summed E-state index contributed by atoms with van der Waals surface area (Å²) in [4.78, 5) is 28.6. The van der Waals surface area contributed by atoms with Gasteiger partial charge in [0.2, 0.25) is 0 Å². The van der Waals surface area contributed by atoms with Gasteiger partial charge in [0.25, 0.3) is 0 Å². The molecule has 0 spiro atoms. The van der Waals surface area contributed by atoms with Crippen molar-refractivity contribution in [3.8, 4) is 11.8 Å². The zero-order valence-electron chi connectivity index (χ0n) is 7.85. The minimum Gasteiger partial charge on any atom is -0.464 e. The summed E-state index contributed by atoms with van der Waals surface area (Å²) in [5.74, 6) is 3.79. The van der Waals surface area contributed by atoms with Gasteiger partial charge in [-0.3, -0.25) is 4.79 Å². The molecule has 76 valence electrons. The molecular formula is C9H7N3O3. The van der Waals surface area contributed by atoms with Gasteiger partial charge in [-0.25, -0.2) is 14.8 Å². The van der Waals surface area contributed by atoms with E-state index in [2.05, 4.69) is 26.5 Å². The van der Waals surface area contributed by atoms with Crippen molar-refractivity contribution in [2.45, 2.75) is 0 Å². The molecule has 0 atom stereocenters. The Bertz CT molecular complexity index is 459. The van der Waals surface area contributed by atoms with Crippen LogP contribution in [-0.4, -0.2) is 29.3 Å². The van der Waals surface area contributed by atoms with E-state index in [4.69, 9.17) is 5.73 Å². The number of carbonyl (C=O) groups is 2. The Kier molecular flexibility index (Phi) is 3.35. The fraction of sp³-hybridized carbons (Fsp3) is 0.111. The second kappa shape index (κ2) is 4.72. The van der Waals surface area contributed by atoms with Crippen molar-refractivity contribution in [1.29, 1.82) is 0 Å². The molecule has 0 aromatic carbocycles. The molecule has 0 fully saturated rings. The quantitative estimate of drug-likeness (QED) is 0.373. The predicted molar refractivity (Wildman–Crippen MR) is 50.7 cm³/mol. The van der Waals surface area contributed by atoms with Crippen LogP contribution in [0.1, 0.15) is 16.2 Å². The number of nitrogens with zero attached hydrogens (tertiary/aromatic N) is 2. The lowest BCUT2D eigenvalue weighted by Crippen LogP contribution is -2.10. The summed E-state index contributed by atoms with van der Waals surface area (Å²) < 4.78 is 4.44. The van der Waals surface area contributed by atoms with Crippen LogP contribution in [0, 0.1) is 11.8 Å². The Morgan fingerprint density at radius 3 is 3.00 bits per heavy atom. The standard InChI is InChI=1S/C9H7N3O3/c1-15-9(14)7-8(10)11-5-6(12-7)3-2-4-13/h4-5H,1H3,(H2,10,11). The molecule has 0 bridgehead atoms. The number of aromatic nitrogens is 2. The van der Waals surface area contributed by atoms with E-state index in [1.165, 1.54) is 13.3 Å². The van der Waals surface area contributed by atoms with E-state index in [-0.39, 0.29) is 17.2 Å². The first-order valence-corrected chi connectivity index (χ1v) is 3.85. The van der Waals surface area contributed by atoms with Crippen molar-refractivity contribution >= 4 is 18.1 Å². The molecular weight excluding hydrogens is 198 g/mol. The lowest BCUT2D eigenvalue weighted by Gasteiger charge is -2.01. The minimum atomic E-state index is -0.699. The number of ether oxygens (including phenoxy) is 1. The van der Waals surface area contributed by atoms with Crippen LogP contribution in [0.25, 0.3) is 0 Å². The number of esters is 1. The molecule has 1 rings (SSSR count). The third-order valence-electron chi connectivity index (χ3n) is 1.44. The fourth-order valence-corrected chi connectivity index (χ4v) is 0.809. The first kappa shape index (κ1) is 10.7. The summed E-state index contributed by atoms with van der Waals surface area (Å²) in [7, 11) is 1.20. The number of nitrogen functional groups attached to an aromatic ring is 1. The van der Waals surface area contributed by atoms with Crippen LogP contribution in [0.2, 0.25) is 0 Å². The molecule has 0 amide bonds. The first-order chi connectivity index (χ1) is 7.19. The van der Waals surface area contributed by atoms with Gasteiger partial charge in [-0.1, -0.05) is 0 Å². The number of rotatable bonds is 1. The summed E-state index contributed by atoms with van der Waals surface area (Å²) >= 11 is 0. The third kappa shape index (κ3) is 2.51. The molecule has 0 unspecified atom stereocenters. The molecule has 0 aliphatic heterocycles. The zero-order valence-corrected chi connectivity index (χ0v) is 7.85. The number of aldehydes is 1. The van der Waals surface area contributed by atoms with Gasteiger partial charge in [0.05, 0.1) is 13.3 Å². The number of hydrogen-bond acceptors (Lipinski definition) is 6. The van der Waals surface area contributed by atoms with E-state index < -0.39 is 5.97 Å². The summed E-state index contributed by atoms with van der Waals surface area (Å²) in [6.45, 7) is 0. The highest BCUT2D eigenvalue weighted by atomic mass is 16.5. The summed E-state index contributed by atoms with van der Waals surface area (Å²) in [5.41, 5.74) is 5.46. The number of nitrogens with two attached hydrogens (primary N) is 1. The largest absolute Gasteiger partial charge is 0.464 e. The maximum atomic E-state index is 11.1. The SMILES string of the molecule is COC(=O)c1nc(C#CC=O)cnc1N. The van der Waals surface area contributed by atoms with Crippen LogP contribution in [0.3, 0.4) is 0 Å². The van der Waals surface area contributed by atoms with Crippen LogP contribution in [-0.2, 0) is 9.53 Å². The van der Waals surface area contributed by atoms with E-state index in [1.54, 1.807) is 0 Å². The molecule has 1 aromatic heterocycles. The van der Waals surface area contributed by atoms with Crippen molar-refractivity contribution in [3.05, 3.63) is 17.6 Å². The normalized spacial score (nSPS) is 8.60. The lowest BCUT2D eigenvalue weighted by molar-refractivity contribution is -0.103. The van der Waals surface area contributed by atoms with Gasteiger partial charge in [0.15, 0.2) is 17.8 Å². The van der Waals surface area contributed by atoms with E-state index in [0.29, 0.717) is 6.29 Å².